The summed E-state index contributed by atoms with van der Waals surface area (Å²) in [6.07, 6.45) is 0. The van der Waals surface area contributed by atoms with Crippen LogP contribution in [-0.4, -0.2) is 14.7 Å². The molecule has 0 heterocycles. The molecule has 11 heavy (non-hydrogen) atoms. The Balaban J connectivity index is 3.14. The molecule has 0 atom stereocenters. The standard InChI is InChI=1S/C6H8ClO3P/c7-11(8,9,10)6-4-2-1-3-5-6/h1-5,8-10H. The van der Waals surface area contributed by atoms with Gasteiger partial charge >= 0.3 is 68.2 Å². The van der Waals surface area contributed by atoms with Gasteiger partial charge in [0.25, 0.3) is 0 Å². The van der Waals surface area contributed by atoms with Gasteiger partial charge in [0.05, 0.1) is 0 Å². The Labute approximate surface area is 68.8 Å². The van der Waals surface area contributed by atoms with E-state index in [4.69, 9.17) is 25.9 Å². The van der Waals surface area contributed by atoms with Gasteiger partial charge in [-0.25, -0.2) is 0 Å². The van der Waals surface area contributed by atoms with Gasteiger partial charge in [-0.1, -0.05) is 0 Å². The van der Waals surface area contributed by atoms with Crippen LogP contribution >= 0.6 is 17.9 Å². The molecule has 0 amide bonds. The molecule has 3 N–H and O–H groups in total. The molecule has 0 spiro atoms. The molecule has 0 aliphatic heterocycles. The number of hydrogen-bond donors (Lipinski definition) is 3. The van der Waals surface area contributed by atoms with E-state index in [0.717, 1.165) is 0 Å². The van der Waals surface area contributed by atoms with Crippen molar-refractivity contribution in [1.82, 2.24) is 0 Å². The topological polar surface area (TPSA) is 60.7 Å². The van der Waals surface area contributed by atoms with Crippen molar-refractivity contribution in [3.63, 3.8) is 0 Å². The zero-order valence-corrected chi connectivity index (χ0v) is 7.20. The fourth-order valence-electron chi connectivity index (χ4n) is 0.684. The third-order valence-electron chi connectivity index (χ3n) is 1.20. The molecule has 1 aromatic rings. The first-order valence-corrected chi connectivity index (χ1v) is 5.90. The van der Waals surface area contributed by atoms with Gasteiger partial charge in [0.2, 0.25) is 0 Å². The predicted octanol–water partition coefficient (Wildman–Crippen LogP) is 0.741. The summed E-state index contributed by atoms with van der Waals surface area (Å²) >= 11 is 5.11. The van der Waals surface area contributed by atoms with Gasteiger partial charge < -0.3 is 0 Å². The molecular formula is C6H8ClO3P. The van der Waals surface area contributed by atoms with Crippen LogP contribution in [0.3, 0.4) is 0 Å². The zero-order chi connectivity index (χ0) is 8.56. The number of hydrogen-bond acceptors (Lipinski definition) is 3. The quantitative estimate of drug-likeness (QED) is 0.578. The average molecular weight is 195 g/mol. The molecule has 0 aliphatic rings. The van der Waals surface area contributed by atoms with E-state index in [1.54, 1.807) is 18.2 Å². The van der Waals surface area contributed by atoms with Crippen LogP contribution in [0.15, 0.2) is 30.3 Å². The molecule has 0 saturated heterocycles. The summed E-state index contributed by atoms with van der Waals surface area (Å²) in [6, 6.07) is 7.50. The Kier molecular flexibility index (Phi) is 1.95. The van der Waals surface area contributed by atoms with Gasteiger partial charge in [0.1, 0.15) is 0 Å². The van der Waals surface area contributed by atoms with E-state index in [9.17, 15) is 0 Å². The number of benzene rings is 1. The van der Waals surface area contributed by atoms with Crippen molar-refractivity contribution in [3.05, 3.63) is 30.3 Å². The normalized spacial score (nSPS) is 15.5. The molecule has 1 aromatic carbocycles. The van der Waals surface area contributed by atoms with E-state index >= 15 is 0 Å². The van der Waals surface area contributed by atoms with E-state index in [-0.39, 0.29) is 5.30 Å². The maximum absolute atomic E-state index is 8.96. The number of halogens is 1. The van der Waals surface area contributed by atoms with Crippen molar-refractivity contribution >= 4 is 23.2 Å². The SMILES string of the molecule is OP(O)(O)(Cl)c1ccccc1. The molecule has 62 valence electrons. The third kappa shape index (κ3) is 2.40. The van der Waals surface area contributed by atoms with E-state index in [2.05, 4.69) is 0 Å². The van der Waals surface area contributed by atoms with Crippen molar-refractivity contribution in [2.45, 2.75) is 0 Å². The Hall–Kier alpha value is -0.180. The van der Waals surface area contributed by atoms with Gasteiger partial charge in [0.15, 0.2) is 0 Å². The van der Waals surface area contributed by atoms with Crippen LogP contribution in [0, 0.1) is 0 Å². The summed E-state index contributed by atoms with van der Waals surface area (Å²) in [5, 5.41) is -0.0554. The predicted molar refractivity (Wildman–Crippen MR) is 45.5 cm³/mol. The fraction of sp³-hybridized carbons (Fsp3) is 0. The van der Waals surface area contributed by atoms with Crippen molar-refractivity contribution in [1.29, 1.82) is 0 Å². The second-order valence-electron chi connectivity index (χ2n) is 2.22. The molecule has 0 radical (unpaired) electrons. The fourth-order valence-corrected chi connectivity index (χ4v) is 1.71. The van der Waals surface area contributed by atoms with E-state index in [0.29, 0.717) is 0 Å². The molecule has 0 unspecified atom stereocenters. The zero-order valence-electron chi connectivity index (χ0n) is 5.55. The Bertz CT molecular complexity index is 244. The molecule has 1 rings (SSSR count). The first-order chi connectivity index (χ1) is 4.86. The Morgan fingerprint density at radius 2 is 1.45 bits per heavy atom. The minimum absolute atomic E-state index is 0.0554. The average Bonchev–Trinajstić information content (AvgIpc) is 1.86. The number of rotatable bonds is 1. The van der Waals surface area contributed by atoms with Gasteiger partial charge in [-0.2, -0.15) is 0 Å². The van der Waals surface area contributed by atoms with Crippen LogP contribution < -0.4 is 5.30 Å². The van der Waals surface area contributed by atoms with E-state index < -0.39 is 6.64 Å². The first kappa shape index (κ1) is 8.91. The van der Waals surface area contributed by atoms with Gasteiger partial charge in [-0.15, -0.1) is 0 Å². The molecule has 0 bridgehead atoms. The Morgan fingerprint density at radius 3 is 1.73 bits per heavy atom. The molecule has 3 nitrogen and oxygen atoms in total. The van der Waals surface area contributed by atoms with Crippen LogP contribution in [0.25, 0.3) is 0 Å². The van der Waals surface area contributed by atoms with Crippen LogP contribution in [0.5, 0.6) is 0 Å². The second kappa shape index (κ2) is 2.41. The minimum atomic E-state index is -5.02. The van der Waals surface area contributed by atoms with E-state index in [1.165, 1.54) is 12.1 Å². The van der Waals surface area contributed by atoms with Crippen LogP contribution in [0.1, 0.15) is 0 Å². The molecule has 0 aromatic heterocycles. The van der Waals surface area contributed by atoms with Crippen LogP contribution in [-0.2, 0) is 0 Å². The third-order valence-corrected chi connectivity index (χ3v) is 2.97. The molecule has 0 saturated carbocycles. The summed E-state index contributed by atoms with van der Waals surface area (Å²) in [6.45, 7) is -5.02. The summed E-state index contributed by atoms with van der Waals surface area (Å²) in [4.78, 5) is 26.9. The van der Waals surface area contributed by atoms with Crippen molar-refractivity contribution < 1.29 is 14.7 Å². The second-order valence-corrected chi connectivity index (χ2v) is 6.36. The van der Waals surface area contributed by atoms with Gasteiger partial charge in [-0.3, -0.25) is 0 Å². The van der Waals surface area contributed by atoms with Crippen LogP contribution in [0.2, 0.25) is 0 Å². The van der Waals surface area contributed by atoms with E-state index in [1.807, 2.05) is 0 Å². The first-order valence-electron chi connectivity index (χ1n) is 2.90. The van der Waals surface area contributed by atoms with Crippen molar-refractivity contribution in [2.75, 3.05) is 0 Å². The summed E-state index contributed by atoms with van der Waals surface area (Å²) < 4.78 is 0. The van der Waals surface area contributed by atoms with Crippen molar-refractivity contribution in [3.8, 4) is 0 Å². The monoisotopic (exact) mass is 194 g/mol. The summed E-state index contributed by atoms with van der Waals surface area (Å²) in [5.41, 5.74) is 0. The van der Waals surface area contributed by atoms with Gasteiger partial charge in [-0.05, 0) is 0 Å². The van der Waals surface area contributed by atoms with Crippen molar-refractivity contribution in [2.24, 2.45) is 0 Å². The maximum atomic E-state index is 8.96. The molecular weight excluding hydrogens is 186 g/mol. The molecule has 0 fully saturated rings. The summed E-state index contributed by atoms with van der Waals surface area (Å²) in [5.74, 6) is 0. The summed E-state index contributed by atoms with van der Waals surface area (Å²) in [7, 11) is 0. The van der Waals surface area contributed by atoms with Gasteiger partial charge in [0, 0.05) is 0 Å². The van der Waals surface area contributed by atoms with Crippen LogP contribution in [0.4, 0.5) is 0 Å². The Morgan fingerprint density at radius 1 is 1.00 bits per heavy atom. The molecule has 0 aliphatic carbocycles. The molecule has 5 heteroatoms.